The van der Waals surface area contributed by atoms with E-state index in [0.29, 0.717) is 6.04 Å². The van der Waals surface area contributed by atoms with E-state index in [0.717, 1.165) is 29.7 Å². The summed E-state index contributed by atoms with van der Waals surface area (Å²) in [7, 11) is 1.89. The molecule has 1 N–H and O–H groups in total. The van der Waals surface area contributed by atoms with Crippen molar-refractivity contribution < 1.29 is 4.79 Å². The van der Waals surface area contributed by atoms with E-state index in [1.807, 2.05) is 28.8 Å². The molecule has 2 heterocycles. The van der Waals surface area contributed by atoms with Crippen LogP contribution in [0.1, 0.15) is 36.8 Å². The average Bonchev–Trinajstić information content (AvgIpc) is 2.95. The number of halogens is 1. The van der Waals surface area contributed by atoms with E-state index in [9.17, 15) is 4.79 Å². The van der Waals surface area contributed by atoms with E-state index >= 15 is 0 Å². The molecule has 0 aromatic carbocycles. The topological polar surface area (TPSA) is 37.3 Å². The van der Waals surface area contributed by atoms with Gasteiger partial charge in [-0.1, -0.05) is 0 Å². The number of amides is 1. The van der Waals surface area contributed by atoms with Crippen LogP contribution < -0.4 is 5.32 Å². The number of aromatic nitrogens is 1. The van der Waals surface area contributed by atoms with E-state index in [4.69, 9.17) is 0 Å². The number of likely N-dealkylation sites (N-methyl/N-ethyl adjacent to an activating group) is 1. The van der Waals surface area contributed by atoms with Crippen LogP contribution in [0.2, 0.25) is 0 Å². The molecule has 1 aromatic heterocycles. The van der Waals surface area contributed by atoms with Crippen molar-refractivity contribution in [1.29, 1.82) is 0 Å². The smallest absolute Gasteiger partial charge is 0.270 e. The average molecular weight is 314 g/mol. The molecule has 0 aliphatic carbocycles. The van der Waals surface area contributed by atoms with Crippen LogP contribution in [0.3, 0.4) is 0 Å². The Morgan fingerprint density at radius 3 is 2.89 bits per heavy atom. The van der Waals surface area contributed by atoms with E-state index in [1.54, 1.807) is 0 Å². The molecule has 2 rings (SSSR count). The van der Waals surface area contributed by atoms with Gasteiger partial charge in [0.05, 0.1) is 0 Å². The quantitative estimate of drug-likeness (QED) is 0.929. The summed E-state index contributed by atoms with van der Waals surface area (Å²) in [6.45, 7) is 6.06. The standard InChI is InChI=1S/C13H20BrN3O/c1-9(2)17-8-10(14)6-12(17)13(18)16(3)11-4-5-15-7-11/h6,8-9,11,15H,4-5,7H2,1-3H3. The molecule has 100 valence electrons. The minimum Gasteiger partial charge on any atom is -0.340 e. The molecule has 1 aliphatic rings. The van der Waals surface area contributed by atoms with Gasteiger partial charge in [-0.3, -0.25) is 4.79 Å². The second-order valence-corrected chi connectivity index (χ2v) is 6.02. The highest BCUT2D eigenvalue weighted by Gasteiger charge is 2.26. The number of rotatable bonds is 3. The fraction of sp³-hybridized carbons (Fsp3) is 0.615. The Balaban J connectivity index is 2.22. The fourth-order valence-corrected chi connectivity index (χ4v) is 2.80. The Morgan fingerprint density at radius 2 is 2.33 bits per heavy atom. The lowest BCUT2D eigenvalue weighted by atomic mass is 10.2. The molecule has 0 bridgehead atoms. The SMILES string of the molecule is CC(C)n1cc(Br)cc1C(=O)N(C)C1CCNC1. The molecule has 0 spiro atoms. The monoisotopic (exact) mass is 313 g/mol. The lowest BCUT2D eigenvalue weighted by Gasteiger charge is -2.25. The van der Waals surface area contributed by atoms with Gasteiger partial charge in [0.2, 0.25) is 0 Å². The largest absolute Gasteiger partial charge is 0.340 e. The highest BCUT2D eigenvalue weighted by atomic mass is 79.9. The minimum absolute atomic E-state index is 0.100. The summed E-state index contributed by atoms with van der Waals surface area (Å²) < 4.78 is 2.98. The summed E-state index contributed by atoms with van der Waals surface area (Å²) in [5.74, 6) is 0.100. The maximum atomic E-state index is 12.5. The molecule has 1 unspecified atom stereocenters. The van der Waals surface area contributed by atoms with E-state index < -0.39 is 0 Å². The Hall–Kier alpha value is -0.810. The number of hydrogen-bond donors (Lipinski definition) is 1. The van der Waals surface area contributed by atoms with Crippen LogP contribution in [-0.2, 0) is 0 Å². The first kappa shape index (κ1) is 13.6. The number of carbonyl (C=O) groups excluding carboxylic acids is 1. The van der Waals surface area contributed by atoms with Gasteiger partial charge in [0.25, 0.3) is 5.91 Å². The zero-order valence-corrected chi connectivity index (χ0v) is 12.7. The third kappa shape index (κ3) is 2.62. The zero-order valence-electron chi connectivity index (χ0n) is 11.1. The van der Waals surface area contributed by atoms with Crippen LogP contribution in [0.5, 0.6) is 0 Å². The molecule has 18 heavy (non-hydrogen) atoms. The lowest BCUT2D eigenvalue weighted by Crippen LogP contribution is -2.39. The maximum absolute atomic E-state index is 12.5. The zero-order chi connectivity index (χ0) is 13.3. The molecule has 0 saturated carbocycles. The maximum Gasteiger partial charge on any atom is 0.270 e. The fourth-order valence-electron chi connectivity index (χ4n) is 2.36. The highest BCUT2D eigenvalue weighted by molar-refractivity contribution is 9.10. The van der Waals surface area contributed by atoms with E-state index in [-0.39, 0.29) is 11.9 Å². The first-order chi connectivity index (χ1) is 8.50. The summed E-state index contributed by atoms with van der Waals surface area (Å²) in [4.78, 5) is 14.4. The molecular weight excluding hydrogens is 294 g/mol. The van der Waals surface area contributed by atoms with Gasteiger partial charge in [-0.05, 0) is 48.8 Å². The molecule has 1 amide bonds. The first-order valence-electron chi connectivity index (χ1n) is 6.36. The van der Waals surface area contributed by atoms with E-state index in [1.165, 1.54) is 0 Å². The Kier molecular flexibility index (Phi) is 4.12. The summed E-state index contributed by atoms with van der Waals surface area (Å²) in [6, 6.07) is 2.50. The van der Waals surface area contributed by atoms with Gasteiger partial charge < -0.3 is 14.8 Å². The first-order valence-corrected chi connectivity index (χ1v) is 7.15. The third-order valence-electron chi connectivity index (χ3n) is 3.49. The number of carbonyl (C=O) groups is 1. The number of nitrogens with zero attached hydrogens (tertiary/aromatic N) is 2. The van der Waals surface area contributed by atoms with Crippen LogP contribution in [0.15, 0.2) is 16.7 Å². The van der Waals surface area contributed by atoms with Crippen molar-refractivity contribution in [2.45, 2.75) is 32.4 Å². The molecular formula is C13H20BrN3O. The van der Waals surface area contributed by atoms with Gasteiger partial charge in [0.1, 0.15) is 5.69 Å². The van der Waals surface area contributed by atoms with Crippen LogP contribution >= 0.6 is 15.9 Å². The van der Waals surface area contributed by atoms with Crippen molar-refractivity contribution in [3.05, 3.63) is 22.4 Å². The van der Waals surface area contributed by atoms with Crippen molar-refractivity contribution in [3.63, 3.8) is 0 Å². The van der Waals surface area contributed by atoms with Crippen molar-refractivity contribution in [2.75, 3.05) is 20.1 Å². The van der Waals surface area contributed by atoms with Crippen molar-refractivity contribution >= 4 is 21.8 Å². The molecule has 1 saturated heterocycles. The van der Waals surface area contributed by atoms with Gasteiger partial charge in [-0.15, -0.1) is 0 Å². The van der Waals surface area contributed by atoms with Gasteiger partial charge in [-0.2, -0.15) is 0 Å². The van der Waals surface area contributed by atoms with Crippen LogP contribution in [0.4, 0.5) is 0 Å². The molecule has 1 aromatic rings. The second-order valence-electron chi connectivity index (χ2n) is 5.11. The van der Waals surface area contributed by atoms with Gasteiger partial charge in [0, 0.05) is 36.3 Å². The lowest BCUT2D eigenvalue weighted by molar-refractivity contribution is 0.0731. The number of hydrogen-bond acceptors (Lipinski definition) is 2. The van der Waals surface area contributed by atoms with Gasteiger partial charge in [0.15, 0.2) is 0 Å². The summed E-state index contributed by atoms with van der Waals surface area (Å²) in [5.41, 5.74) is 0.756. The normalized spacial score (nSPS) is 19.5. The summed E-state index contributed by atoms with van der Waals surface area (Å²) >= 11 is 3.45. The predicted molar refractivity (Wildman–Crippen MR) is 75.9 cm³/mol. The highest BCUT2D eigenvalue weighted by Crippen LogP contribution is 2.21. The molecule has 1 atom stereocenters. The van der Waals surface area contributed by atoms with Gasteiger partial charge >= 0.3 is 0 Å². The van der Waals surface area contributed by atoms with Gasteiger partial charge in [-0.25, -0.2) is 0 Å². The molecule has 0 radical (unpaired) electrons. The molecule has 4 nitrogen and oxygen atoms in total. The Labute approximate surface area is 116 Å². The molecule has 1 aliphatic heterocycles. The Bertz CT molecular complexity index is 435. The van der Waals surface area contributed by atoms with E-state index in [2.05, 4.69) is 35.1 Å². The second kappa shape index (κ2) is 5.45. The van der Waals surface area contributed by atoms with Crippen molar-refractivity contribution in [2.24, 2.45) is 0 Å². The van der Waals surface area contributed by atoms with Crippen LogP contribution in [0, 0.1) is 0 Å². The minimum atomic E-state index is 0.100. The van der Waals surface area contributed by atoms with Crippen LogP contribution in [0.25, 0.3) is 0 Å². The van der Waals surface area contributed by atoms with Crippen LogP contribution in [-0.4, -0.2) is 41.6 Å². The predicted octanol–water partition coefficient (Wildman–Crippen LogP) is 2.27. The third-order valence-corrected chi connectivity index (χ3v) is 3.93. The van der Waals surface area contributed by atoms with Crippen molar-refractivity contribution in [1.82, 2.24) is 14.8 Å². The summed E-state index contributed by atoms with van der Waals surface area (Å²) in [5, 5.41) is 3.29. The molecule has 1 fully saturated rings. The Morgan fingerprint density at radius 1 is 1.61 bits per heavy atom. The van der Waals surface area contributed by atoms with Crippen molar-refractivity contribution in [3.8, 4) is 0 Å². The molecule has 5 heteroatoms. The number of nitrogens with one attached hydrogen (secondary N) is 1. The summed E-state index contributed by atoms with van der Waals surface area (Å²) in [6.07, 6.45) is 3.00.